The topological polar surface area (TPSA) is 3.88 Å². The zero-order valence-corrected chi connectivity index (χ0v) is 21.6. The molecule has 0 unspecified atom stereocenters. The van der Waals surface area contributed by atoms with Gasteiger partial charge in [0, 0.05) is 6.04 Å². The molecule has 0 bridgehead atoms. The molecule has 3 aromatic rings. The lowest BCUT2D eigenvalue weighted by atomic mass is 9.84. The summed E-state index contributed by atoms with van der Waals surface area (Å²) in [7, 11) is 0.468. The van der Waals surface area contributed by atoms with Gasteiger partial charge in [-0.15, -0.1) is 0 Å². The van der Waals surface area contributed by atoms with E-state index in [1.54, 1.807) is 5.56 Å². The minimum absolute atomic E-state index is 0.309. The normalized spacial score (nSPS) is 19.0. The predicted octanol–water partition coefficient (Wildman–Crippen LogP) is 7.50. The molecule has 1 nitrogen and oxygen atoms in total. The second-order valence-electron chi connectivity index (χ2n) is 11.4. The van der Waals surface area contributed by atoms with Crippen molar-refractivity contribution in [3.63, 3.8) is 0 Å². The fourth-order valence-corrected chi connectivity index (χ4v) is 7.35. The highest BCUT2D eigenvalue weighted by molar-refractivity contribution is 6.88. The van der Waals surface area contributed by atoms with Crippen molar-refractivity contribution in [3.05, 3.63) is 59.2 Å². The van der Waals surface area contributed by atoms with Crippen molar-refractivity contribution in [1.82, 2.24) is 0 Å². The molecule has 0 spiro atoms. The van der Waals surface area contributed by atoms with Crippen molar-refractivity contribution in [3.8, 4) is 11.3 Å². The molecule has 2 saturated carbocycles. The van der Waals surface area contributed by atoms with Gasteiger partial charge in [-0.3, -0.25) is 0 Å². The fraction of sp³-hybridized carbons (Fsp3) is 0.500. The van der Waals surface area contributed by atoms with Gasteiger partial charge >= 0.3 is 0 Å². The minimum Gasteiger partial charge on any atom is -0.200 e. The summed E-state index contributed by atoms with van der Waals surface area (Å²) in [4.78, 5) is 0. The zero-order chi connectivity index (χ0) is 24.2. The Morgan fingerprint density at radius 3 is 2.22 bits per heavy atom. The molecule has 168 valence electrons. The number of pyridine rings is 1. The van der Waals surface area contributed by atoms with Crippen LogP contribution in [0.2, 0.25) is 19.6 Å². The largest absolute Gasteiger partial charge is 0.220 e. The quantitative estimate of drug-likeness (QED) is 0.290. The van der Waals surface area contributed by atoms with E-state index >= 15 is 0 Å². The average Bonchev–Trinajstić information content (AvgIpc) is 3.52. The van der Waals surface area contributed by atoms with Crippen LogP contribution in [0.1, 0.15) is 82.6 Å². The van der Waals surface area contributed by atoms with Gasteiger partial charge in [0.15, 0.2) is 6.17 Å². The molecule has 1 aromatic heterocycles. The maximum atomic E-state index is 8.84. The van der Waals surface area contributed by atoms with Crippen LogP contribution >= 0.6 is 0 Å². The Balaban J connectivity index is 1.80. The van der Waals surface area contributed by atoms with Crippen LogP contribution in [0.3, 0.4) is 0 Å². The third-order valence-electron chi connectivity index (χ3n) is 8.18. The molecule has 0 atom stereocenters. The molecule has 2 fully saturated rings. The number of aromatic nitrogens is 1. The Bertz CT molecular complexity index is 1250. The van der Waals surface area contributed by atoms with E-state index in [1.165, 1.54) is 73.2 Å². The number of rotatable bonds is 4. The van der Waals surface area contributed by atoms with Gasteiger partial charge in [0.25, 0.3) is 0 Å². The first-order chi connectivity index (χ1) is 16.2. The first kappa shape index (κ1) is 19.5. The van der Waals surface area contributed by atoms with Gasteiger partial charge in [0.2, 0.25) is 5.69 Å². The molecule has 0 radical (unpaired) electrons. The number of fused-ring (bicyclic) bond motifs is 1. The number of hydrogen-bond acceptors (Lipinski definition) is 0. The van der Waals surface area contributed by atoms with Gasteiger partial charge < -0.3 is 0 Å². The van der Waals surface area contributed by atoms with Crippen molar-refractivity contribution in [2.75, 3.05) is 0 Å². The van der Waals surface area contributed by atoms with Crippen LogP contribution in [-0.4, -0.2) is 8.07 Å². The van der Waals surface area contributed by atoms with Crippen LogP contribution in [0.5, 0.6) is 0 Å². The van der Waals surface area contributed by atoms with Crippen LogP contribution in [0.25, 0.3) is 22.0 Å². The Morgan fingerprint density at radius 1 is 0.906 bits per heavy atom. The van der Waals surface area contributed by atoms with E-state index in [1.807, 2.05) is 11.6 Å². The van der Waals surface area contributed by atoms with Crippen molar-refractivity contribution < 1.29 is 7.31 Å². The third kappa shape index (κ3) is 3.96. The monoisotopic (exact) mass is 444 g/mol. The van der Waals surface area contributed by atoms with Gasteiger partial charge in [-0.1, -0.05) is 68.7 Å². The van der Waals surface area contributed by atoms with Crippen molar-refractivity contribution in [1.29, 1.82) is 0 Å². The molecule has 5 rings (SSSR count). The molecule has 2 aliphatic rings. The summed E-state index contributed by atoms with van der Waals surface area (Å²) in [5.41, 5.74) is 6.85. The Kier molecular flexibility index (Phi) is 5.15. The Labute approximate surface area is 198 Å². The zero-order valence-electron chi connectivity index (χ0n) is 22.6. The van der Waals surface area contributed by atoms with E-state index in [4.69, 9.17) is 2.74 Å². The van der Waals surface area contributed by atoms with Crippen LogP contribution < -0.4 is 9.75 Å². The average molecular weight is 445 g/mol. The third-order valence-corrected chi connectivity index (χ3v) is 10.2. The molecular formula is C30H40NSi+. The van der Waals surface area contributed by atoms with Crippen LogP contribution in [0.4, 0.5) is 0 Å². The van der Waals surface area contributed by atoms with Crippen molar-refractivity contribution in [2.45, 2.75) is 89.8 Å². The number of benzene rings is 2. The lowest BCUT2D eigenvalue weighted by Gasteiger charge is -2.21. The molecule has 32 heavy (non-hydrogen) atoms. The lowest BCUT2D eigenvalue weighted by molar-refractivity contribution is -0.659. The lowest BCUT2D eigenvalue weighted by Crippen LogP contribution is -2.37. The van der Waals surface area contributed by atoms with E-state index in [9.17, 15) is 0 Å². The maximum Gasteiger partial charge on any atom is 0.220 e. The maximum absolute atomic E-state index is 8.84. The van der Waals surface area contributed by atoms with Gasteiger partial charge in [-0.25, -0.2) is 4.57 Å². The second-order valence-corrected chi connectivity index (χ2v) is 16.5. The molecule has 2 aromatic carbocycles. The molecule has 2 heteroatoms. The van der Waals surface area contributed by atoms with E-state index in [0.717, 1.165) is 16.5 Å². The molecule has 0 N–H and O–H groups in total. The summed E-state index contributed by atoms with van der Waals surface area (Å²) in [5, 5.41) is 3.41. The van der Waals surface area contributed by atoms with E-state index in [-0.39, 0.29) is 0 Å². The summed E-state index contributed by atoms with van der Waals surface area (Å²) in [5.74, 6) is 1.33. The van der Waals surface area contributed by atoms with Gasteiger partial charge in [-0.05, 0) is 78.7 Å². The van der Waals surface area contributed by atoms with Gasteiger partial charge in [0.1, 0.15) is 8.42 Å². The van der Waals surface area contributed by atoms with Gasteiger partial charge in [-0.2, -0.15) is 0 Å². The first-order valence-electron chi connectivity index (χ1n) is 13.7. The summed E-state index contributed by atoms with van der Waals surface area (Å²) >= 11 is 0. The summed E-state index contributed by atoms with van der Waals surface area (Å²) in [6.07, 6.45) is 10.9. The van der Waals surface area contributed by atoms with E-state index in [2.05, 4.69) is 56.9 Å². The Morgan fingerprint density at radius 2 is 1.56 bits per heavy atom. The van der Waals surface area contributed by atoms with E-state index in [0.29, 0.717) is 24.1 Å². The Hall–Kier alpha value is -1.93. The molecule has 0 aliphatic heterocycles. The van der Waals surface area contributed by atoms with Crippen molar-refractivity contribution >= 4 is 24.0 Å². The summed E-state index contributed by atoms with van der Waals surface area (Å²) < 4.78 is 19.6. The van der Waals surface area contributed by atoms with Crippen LogP contribution in [0.15, 0.2) is 42.5 Å². The van der Waals surface area contributed by atoms with Crippen molar-refractivity contribution in [2.24, 2.45) is 7.05 Å². The van der Waals surface area contributed by atoms with Gasteiger partial charge in [0.05, 0.1) is 20.4 Å². The summed E-state index contributed by atoms with van der Waals surface area (Å²) in [6, 6.07) is 12.1. The standard InChI is InChI=1S/C30H40NSi/c1-21-28(23-12-8-9-13-23)19-25(22-10-6-7-11-22)20-29(21)30-27-15-14-26(32(3,4)5)18-24(27)16-17-31(30)2/h14-20,22-23H,6-13H2,1-5H3/q+1/i16D,17D. The highest BCUT2D eigenvalue weighted by atomic mass is 28.3. The molecule has 0 amide bonds. The highest BCUT2D eigenvalue weighted by Crippen LogP contribution is 2.43. The first-order valence-corrected chi connectivity index (χ1v) is 16.2. The predicted molar refractivity (Wildman–Crippen MR) is 141 cm³/mol. The molecular weight excluding hydrogens is 402 g/mol. The fourth-order valence-electron chi connectivity index (χ4n) is 6.19. The van der Waals surface area contributed by atoms with Crippen LogP contribution in [-0.2, 0) is 7.05 Å². The number of nitrogens with zero attached hydrogens (tertiary/aromatic N) is 1. The van der Waals surface area contributed by atoms with E-state index < -0.39 is 8.07 Å². The van der Waals surface area contributed by atoms with Crippen LogP contribution in [0, 0.1) is 6.92 Å². The second kappa shape index (κ2) is 8.45. The summed E-state index contributed by atoms with van der Waals surface area (Å²) in [6.45, 7) is 9.37. The smallest absolute Gasteiger partial charge is 0.200 e. The highest BCUT2D eigenvalue weighted by Gasteiger charge is 2.28. The number of hydrogen-bond donors (Lipinski definition) is 0. The SMILES string of the molecule is [2H]c1c([2H])[n+](C)c(-c2cc(C3CCCC3)cc(C3CCCC3)c2C)c2ccc([Si](C)(C)C)cc12. The minimum atomic E-state index is -1.52. The molecule has 2 aliphatic carbocycles. The molecule has 0 saturated heterocycles. The molecule has 1 heterocycles.